The lowest BCUT2D eigenvalue weighted by Crippen LogP contribution is -1.96. The Morgan fingerprint density at radius 3 is 1.61 bits per heavy atom. The van der Waals surface area contributed by atoms with Gasteiger partial charge in [0.15, 0.2) is 0 Å². The SMILES string of the molecule is c1ccc(-c2n[nH]nc2Cc2n[nH]nc2-c2ccccn2)nc1. The van der Waals surface area contributed by atoms with Crippen LogP contribution in [0.2, 0.25) is 0 Å². The second-order valence-electron chi connectivity index (χ2n) is 4.84. The Balaban J connectivity index is 1.69. The van der Waals surface area contributed by atoms with Gasteiger partial charge in [0, 0.05) is 18.8 Å². The van der Waals surface area contributed by atoms with Crippen molar-refractivity contribution in [2.24, 2.45) is 0 Å². The average molecular weight is 304 g/mol. The van der Waals surface area contributed by atoms with Crippen molar-refractivity contribution in [2.75, 3.05) is 0 Å². The van der Waals surface area contributed by atoms with Crippen LogP contribution in [0.25, 0.3) is 22.8 Å². The quantitative estimate of drug-likeness (QED) is 0.593. The largest absolute Gasteiger partial charge is 0.254 e. The molecule has 0 aliphatic rings. The summed E-state index contributed by atoms with van der Waals surface area (Å²) in [7, 11) is 0. The van der Waals surface area contributed by atoms with Crippen LogP contribution in [0.1, 0.15) is 11.4 Å². The highest BCUT2D eigenvalue weighted by atomic mass is 15.3. The molecule has 112 valence electrons. The minimum atomic E-state index is 0.477. The lowest BCUT2D eigenvalue weighted by Gasteiger charge is -2.00. The maximum absolute atomic E-state index is 4.31. The molecule has 4 rings (SSSR count). The fourth-order valence-corrected chi connectivity index (χ4v) is 2.33. The van der Waals surface area contributed by atoms with Crippen LogP contribution in [0, 0.1) is 0 Å². The number of aromatic amines is 2. The molecule has 0 bridgehead atoms. The number of nitrogens with zero attached hydrogens (tertiary/aromatic N) is 6. The highest BCUT2D eigenvalue weighted by molar-refractivity contribution is 5.60. The summed E-state index contributed by atoms with van der Waals surface area (Å²) in [5, 5.41) is 22.2. The topological polar surface area (TPSA) is 109 Å². The lowest BCUT2D eigenvalue weighted by atomic mass is 10.1. The van der Waals surface area contributed by atoms with Crippen LogP contribution >= 0.6 is 0 Å². The molecule has 0 aromatic carbocycles. The van der Waals surface area contributed by atoms with Crippen molar-refractivity contribution >= 4 is 0 Å². The fraction of sp³-hybridized carbons (Fsp3) is 0.0667. The van der Waals surface area contributed by atoms with Crippen molar-refractivity contribution in [3.05, 3.63) is 60.2 Å². The van der Waals surface area contributed by atoms with Crippen LogP contribution < -0.4 is 0 Å². The van der Waals surface area contributed by atoms with E-state index >= 15 is 0 Å². The maximum Gasteiger partial charge on any atom is 0.134 e. The molecule has 4 aromatic heterocycles. The minimum absolute atomic E-state index is 0.477. The van der Waals surface area contributed by atoms with Crippen LogP contribution in [0.5, 0.6) is 0 Å². The first-order valence-corrected chi connectivity index (χ1v) is 7.04. The van der Waals surface area contributed by atoms with Crippen LogP contribution in [-0.2, 0) is 6.42 Å². The first-order chi connectivity index (χ1) is 11.4. The predicted octanol–water partition coefficient (Wildman–Crippen LogP) is 1.64. The van der Waals surface area contributed by atoms with Crippen LogP contribution in [0.4, 0.5) is 0 Å². The van der Waals surface area contributed by atoms with Gasteiger partial charge in [-0.3, -0.25) is 9.97 Å². The van der Waals surface area contributed by atoms with Crippen molar-refractivity contribution in [1.29, 1.82) is 0 Å². The predicted molar refractivity (Wildman–Crippen MR) is 82.0 cm³/mol. The summed E-state index contributed by atoms with van der Waals surface area (Å²) < 4.78 is 0. The van der Waals surface area contributed by atoms with E-state index < -0.39 is 0 Å². The van der Waals surface area contributed by atoms with Crippen LogP contribution in [-0.4, -0.2) is 40.8 Å². The van der Waals surface area contributed by atoms with Crippen LogP contribution in [0.3, 0.4) is 0 Å². The molecule has 0 radical (unpaired) electrons. The van der Waals surface area contributed by atoms with Crippen molar-refractivity contribution < 1.29 is 0 Å². The molecule has 0 saturated carbocycles. The monoisotopic (exact) mass is 304 g/mol. The maximum atomic E-state index is 4.31. The Morgan fingerprint density at radius 1 is 0.652 bits per heavy atom. The average Bonchev–Trinajstić information content (AvgIpc) is 3.26. The number of aromatic nitrogens is 8. The second kappa shape index (κ2) is 5.76. The van der Waals surface area contributed by atoms with Gasteiger partial charge in [-0.15, -0.1) is 0 Å². The van der Waals surface area contributed by atoms with Crippen molar-refractivity contribution in [3.8, 4) is 22.8 Å². The van der Waals surface area contributed by atoms with Gasteiger partial charge < -0.3 is 0 Å². The van der Waals surface area contributed by atoms with E-state index in [1.54, 1.807) is 12.4 Å². The molecule has 0 fully saturated rings. The smallest absolute Gasteiger partial charge is 0.134 e. The van der Waals surface area contributed by atoms with Gasteiger partial charge in [-0.25, -0.2) is 0 Å². The van der Waals surface area contributed by atoms with Crippen molar-refractivity contribution in [3.63, 3.8) is 0 Å². The molecule has 0 aliphatic carbocycles. The van der Waals surface area contributed by atoms with E-state index in [-0.39, 0.29) is 0 Å². The fourth-order valence-electron chi connectivity index (χ4n) is 2.33. The van der Waals surface area contributed by atoms with E-state index in [1.807, 2.05) is 36.4 Å². The van der Waals surface area contributed by atoms with Gasteiger partial charge in [0.25, 0.3) is 0 Å². The third kappa shape index (κ3) is 2.57. The van der Waals surface area contributed by atoms with E-state index in [0.717, 1.165) is 22.8 Å². The van der Waals surface area contributed by atoms with Crippen molar-refractivity contribution in [2.45, 2.75) is 6.42 Å². The molecule has 0 atom stereocenters. The Kier molecular flexibility index (Phi) is 3.32. The third-order valence-corrected chi connectivity index (χ3v) is 3.39. The molecular weight excluding hydrogens is 292 g/mol. The van der Waals surface area contributed by atoms with E-state index in [4.69, 9.17) is 0 Å². The van der Waals surface area contributed by atoms with Gasteiger partial charge in [0.2, 0.25) is 0 Å². The van der Waals surface area contributed by atoms with E-state index in [9.17, 15) is 0 Å². The highest BCUT2D eigenvalue weighted by Gasteiger charge is 2.17. The zero-order valence-corrected chi connectivity index (χ0v) is 12.0. The summed E-state index contributed by atoms with van der Waals surface area (Å²) in [6, 6.07) is 11.3. The Labute approximate surface area is 131 Å². The molecule has 2 N–H and O–H groups in total. The van der Waals surface area contributed by atoms with Gasteiger partial charge in [-0.05, 0) is 24.3 Å². The summed E-state index contributed by atoms with van der Waals surface area (Å²) >= 11 is 0. The summed E-state index contributed by atoms with van der Waals surface area (Å²) in [5.41, 5.74) is 4.46. The Morgan fingerprint density at radius 2 is 1.17 bits per heavy atom. The molecule has 0 amide bonds. The number of hydrogen-bond acceptors (Lipinski definition) is 6. The van der Waals surface area contributed by atoms with Crippen LogP contribution in [0.15, 0.2) is 48.8 Å². The Bertz CT molecular complexity index is 822. The highest BCUT2D eigenvalue weighted by Crippen LogP contribution is 2.23. The molecule has 0 unspecified atom stereocenters. The molecule has 4 aromatic rings. The van der Waals surface area contributed by atoms with E-state index in [0.29, 0.717) is 17.8 Å². The zero-order chi connectivity index (χ0) is 15.5. The molecule has 8 nitrogen and oxygen atoms in total. The molecule has 0 saturated heterocycles. The Hall–Kier alpha value is -3.42. The molecule has 23 heavy (non-hydrogen) atoms. The third-order valence-electron chi connectivity index (χ3n) is 3.39. The van der Waals surface area contributed by atoms with Gasteiger partial charge in [0.05, 0.1) is 22.8 Å². The number of pyridine rings is 2. The van der Waals surface area contributed by atoms with Gasteiger partial charge in [-0.2, -0.15) is 30.8 Å². The normalized spacial score (nSPS) is 10.8. The number of nitrogens with one attached hydrogen (secondary N) is 2. The van der Waals surface area contributed by atoms with Gasteiger partial charge >= 0.3 is 0 Å². The minimum Gasteiger partial charge on any atom is -0.254 e. The van der Waals surface area contributed by atoms with E-state index in [2.05, 4.69) is 40.8 Å². The molecule has 4 heterocycles. The van der Waals surface area contributed by atoms with Gasteiger partial charge in [-0.1, -0.05) is 12.1 Å². The number of H-pyrrole nitrogens is 2. The summed E-state index contributed by atoms with van der Waals surface area (Å²) in [5.74, 6) is 0. The van der Waals surface area contributed by atoms with E-state index in [1.165, 1.54) is 0 Å². The number of rotatable bonds is 4. The zero-order valence-electron chi connectivity index (χ0n) is 12.0. The lowest BCUT2D eigenvalue weighted by molar-refractivity contribution is 0.889. The standard InChI is InChI=1S/C15H12N8/c1-3-7-16-10(5-1)14-12(18-22-20-14)9-13-15(21-23-19-13)11-6-2-4-8-17-11/h1-8H,9H2,(H,18,20,22)(H,19,21,23). The molecule has 0 aliphatic heterocycles. The second-order valence-corrected chi connectivity index (χ2v) is 4.84. The molecule has 0 spiro atoms. The number of hydrogen-bond donors (Lipinski definition) is 2. The van der Waals surface area contributed by atoms with Crippen molar-refractivity contribution in [1.82, 2.24) is 40.8 Å². The molecule has 8 heteroatoms. The first-order valence-electron chi connectivity index (χ1n) is 7.04. The summed E-state index contributed by atoms with van der Waals surface area (Å²) in [6.07, 6.45) is 3.93. The summed E-state index contributed by atoms with van der Waals surface area (Å²) in [6.45, 7) is 0. The summed E-state index contributed by atoms with van der Waals surface area (Å²) in [4.78, 5) is 8.63. The van der Waals surface area contributed by atoms with Gasteiger partial charge in [0.1, 0.15) is 11.4 Å². The first kappa shape index (κ1) is 13.3. The molecular formula is C15H12N8.